The Morgan fingerprint density at radius 1 is 1.73 bits per heavy atom. The number of carbonyl (C=O) groups excluding carboxylic acids is 1. The van der Waals surface area contributed by atoms with Gasteiger partial charge in [0.05, 0.1) is 0 Å². The second kappa shape index (κ2) is 5.19. The van der Waals surface area contributed by atoms with Gasteiger partial charge in [0, 0.05) is 18.0 Å². The Morgan fingerprint density at radius 2 is 2.27 bits per heavy atom. The topological polar surface area (TPSA) is 26.3 Å². The first-order valence-electron chi connectivity index (χ1n) is 3.55. The summed E-state index contributed by atoms with van der Waals surface area (Å²) in [5, 5.41) is 0. The minimum Gasteiger partial charge on any atom is -0.450 e. The van der Waals surface area contributed by atoms with Gasteiger partial charge in [-0.3, -0.25) is 0 Å². The van der Waals surface area contributed by atoms with Crippen LogP contribution in [0.1, 0.15) is 20.3 Å². The zero-order valence-corrected chi connectivity index (χ0v) is 7.60. The van der Waals surface area contributed by atoms with E-state index in [-0.39, 0.29) is 12.0 Å². The van der Waals surface area contributed by atoms with Gasteiger partial charge in [-0.1, -0.05) is 19.9 Å². The van der Waals surface area contributed by atoms with Crippen molar-refractivity contribution in [3.8, 4) is 0 Å². The number of ether oxygens (including phenoxy) is 1. The first-order chi connectivity index (χ1) is 5.07. The van der Waals surface area contributed by atoms with E-state index in [0.29, 0.717) is 6.42 Å². The van der Waals surface area contributed by atoms with E-state index in [2.05, 4.69) is 6.58 Å². The predicted octanol–water partition coefficient (Wildman–Crippen LogP) is 2.96. The lowest BCUT2D eigenvalue weighted by Gasteiger charge is -2.17. The maximum Gasteiger partial charge on any atom is 0.404 e. The second-order valence-corrected chi connectivity index (χ2v) is 2.97. The molecule has 0 N–H and O–H groups in total. The maximum absolute atomic E-state index is 10.3. The molecule has 0 heterocycles. The van der Waals surface area contributed by atoms with Crippen LogP contribution in [-0.2, 0) is 4.74 Å². The fraction of sp³-hybridized carbons (Fsp3) is 0.625. The van der Waals surface area contributed by atoms with Gasteiger partial charge >= 0.3 is 5.43 Å². The largest absolute Gasteiger partial charge is 0.450 e. The summed E-state index contributed by atoms with van der Waals surface area (Å²) in [6, 6.07) is 0. The molecule has 0 aliphatic carbocycles. The highest BCUT2D eigenvalue weighted by Gasteiger charge is 2.14. The number of carbonyl (C=O) groups is 1. The normalized spacial score (nSPS) is 12.7. The van der Waals surface area contributed by atoms with E-state index in [9.17, 15) is 4.79 Å². The quantitative estimate of drug-likeness (QED) is 0.486. The summed E-state index contributed by atoms with van der Waals surface area (Å²) in [5.41, 5.74) is -0.745. The van der Waals surface area contributed by atoms with Crippen molar-refractivity contribution in [2.24, 2.45) is 5.92 Å². The molecule has 0 aromatic rings. The van der Waals surface area contributed by atoms with Crippen molar-refractivity contribution >= 4 is 17.0 Å². The molecule has 1 atom stereocenters. The van der Waals surface area contributed by atoms with Crippen LogP contribution in [0.2, 0.25) is 0 Å². The number of rotatable bonds is 4. The van der Waals surface area contributed by atoms with Crippen molar-refractivity contribution in [3.63, 3.8) is 0 Å². The van der Waals surface area contributed by atoms with Gasteiger partial charge in [0.25, 0.3) is 0 Å². The second-order valence-electron chi connectivity index (χ2n) is 2.66. The molecule has 0 spiro atoms. The standard InChI is InChI=1S/C8H13ClO2/c1-4-5-7(6(2)3)11-8(9)10/h4,6-7H,1,5H2,2-3H3. The van der Waals surface area contributed by atoms with Crippen molar-refractivity contribution in [3.05, 3.63) is 12.7 Å². The highest BCUT2D eigenvalue weighted by atomic mass is 35.5. The Labute approximate surface area is 72.2 Å². The van der Waals surface area contributed by atoms with E-state index in [0.717, 1.165) is 0 Å². The Balaban J connectivity index is 3.88. The third kappa shape index (κ3) is 4.85. The molecule has 0 aromatic heterocycles. The first kappa shape index (κ1) is 10.5. The molecule has 1 unspecified atom stereocenters. The van der Waals surface area contributed by atoms with Crippen molar-refractivity contribution in [2.75, 3.05) is 0 Å². The van der Waals surface area contributed by atoms with Gasteiger partial charge in [-0.2, -0.15) is 0 Å². The summed E-state index contributed by atoms with van der Waals surface area (Å²) in [7, 11) is 0. The van der Waals surface area contributed by atoms with Crippen molar-refractivity contribution in [2.45, 2.75) is 26.4 Å². The van der Waals surface area contributed by atoms with Gasteiger partial charge < -0.3 is 4.74 Å². The van der Waals surface area contributed by atoms with Crippen molar-refractivity contribution < 1.29 is 9.53 Å². The molecule has 0 aliphatic heterocycles. The van der Waals surface area contributed by atoms with Crippen LogP contribution in [0.15, 0.2) is 12.7 Å². The van der Waals surface area contributed by atoms with Crippen LogP contribution < -0.4 is 0 Å². The highest BCUT2D eigenvalue weighted by molar-refractivity contribution is 6.61. The van der Waals surface area contributed by atoms with Crippen LogP contribution in [0.3, 0.4) is 0 Å². The van der Waals surface area contributed by atoms with E-state index < -0.39 is 5.43 Å². The monoisotopic (exact) mass is 176 g/mol. The van der Waals surface area contributed by atoms with Crippen LogP contribution in [-0.4, -0.2) is 11.5 Å². The molecule has 0 saturated heterocycles. The molecule has 0 rings (SSSR count). The molecule has 0 radical (unpaired) electrons. The molecule has 3 heteroatoms. The molecular weight excluding hydrogens is 164 g/mol. The van der Waals surface area contributed by atoms with E-state index >= 15 is 0 Å². The van der Waals surface area contributed by atoms with Crippen LogP contribution >= 0.6 is 11.6 Å². The Hall–Kier alpha value is -0.500. The predicted molar refractivity (Wildman–Crippen MR) is 45.8 cm³/mol. The Kier molecular flexibility index (Phi) is 4.95. The third-order valence-corrected chi connectivity index (χ3v) is 1.48. The molecule has 0 aromatic carbocycles. The van der Waals surface area contributed by atoms with E-state index in [1.807, 2.05) is 13.8 Å². The molecule has 2 nitrogen and oxygen atoms in total. The number of halogens is 1. The highest BCUT2D eigenvalue weighted by Crippen LogP contribution is 2.12. The number of hydrogen-bond acceptors (Lipinski definition) is 2. The fourth-order valence-electron chi connectivity index (χ4n) is 0.740. The minimum absolute atomic E-state index is 0.141. The molecule has 0 aliphatic rings. The minimum atomic E-state index is -0.745. The summed E-state index contributed by atoms with van der Waals surface area (Å²) in [4.78, 5) is 10.3. The van der Waals surface area contributed by atoms with Gasteiger partial charge in [0.2, 0.25) is 0 Å². The van der Waals surface area contributed by atoms with Crippen LogP contribution in [0.4, 0.5) is 4.79 Å². The van der Waals surface area contributed by atoms with E-state index in [4.69, 9.17) is 16.3 Å². The molecule has 0 fully saturated rings. The van der Waals surface area contributed by atoms with Gasteiger partial charge in [-0.15, -0.1) is 6.58 Å². The first-order valence-corrected chi connectivity index (χ1v) is 3.92. The molecule has 0 saturated carbocycles. The lowest BCUT2D eigenvalue weighted by molar-refractivity contribution is 0.0932. The molecule has 0 bridgehead atoms. The smallest absolute Gasteiger partial charge is 0.404 e. The van der Waals surface area contributed by atoms with Gasteiger partial charge in [0.1, 0.15) is 6.10 Å². The summed E-state index contributed by atoms with van der Waals surface area (Å²) in [6.45, 7) is 7.49. The van der Waals surface area contributed by atoms with Gasteiger partial charge in [-0.05, 0) is 5.92 Å². The van der Waals surface area contributed by atoms with Gasteiger partial charge in [0.15, 0.2) is 0 Å². The van der Waals surface area contributed by atoms with E-state index in [1.54, 1.807) is 6.08 Å². The molecule has 11 heavy (non-hydrogen) atoms. The van der Waals surface area contributed by atoms with Crippen molar-refractivity contribution in [1.29, 1.82) is 0 Å². The SMILES string of the molecule is C=CCC(OC(=O)Cl)C(C)C. The number of hydrogen-bond donors (Lipinski definition) is 0. The van der Waals surface area contributed by atoms with Crippen molar-refractivity contribution in [1.82, 2.24) is 0 Å². The van der Waals surface area contributed by atoms with Gasteiger partial charge in [-0.25, -0.2) is 4.79 Å². The van der Waals surface area contributed by atoms with Crippen LogP contribution in [0, 0.1) is 5.92 Å². The third-order valence-electron chi connectivity index (χ3n) is 1.39. The molecule has 0 amide bonds. The summed E-state index contributed by atoms with van der Waals surface area (Å²) < 4.78 is 4.81. The van der Waals surface area contributed by atoms with Crippen LogP contribution in [0.25, 0.3) is 0 Å². The maximum atomic E-state index is 10.3. The van der Waals surface area contributed by atoms with Crippen LogP contribution in [0.5, 0.6) is 0 Å². The Morgan fingerprint density at radius 3 is 2.55 bits per heavy atom. The summed E-state index contributed by atoms with van der Waals surface area (Å²) >= 11 is 5.06. The summed E-state index contributed by atoms with van der Waals surface area (Å²) in [6.07, 6.45) is 2.22. The fourth-order valence-corrected chi connectivity index (χ4v) is 0.854. The average Bonchev–Trinajstić information content (AvgIpc) is 1.86. The zero-order valence-electron chi connectivity index (χ0n) is 6.84. The lowest BCUT2D eigenvalue weighted by atomic mass is 10.0. The zero-order chi connectivity index (χ0) is 8.85. The molecule has 64 valence electrons. The lowest BCUT2D eigenvalue weighted by Crippen LogP contribution is -2.19. The molecular formula is C8H13ClO2. The van der Waals surface area contributed by atoms with E-state index in [1.165, 1.54) is 0 Å². The Bertz CT molecular complexity index is 143. The average molecular weight is 177 g/mol. The summed E-state index contributed by atoms with van der Waals surface area (Å²) in [5.74, 6) is 0.274.